The predicted molar refractivity (Wildman–Crippen MR) is 58.4 cm³/mol. The van der Waals surface area contributed by atoms with E-state index in [9.17, 15) is 18.5 Å². The molecule has 0 aliphatic rings. The number of rotatable bonds is 3. The van der Waals surface area contributed by atoms with Gasteiger partial charge in [-0.3, -0.25) is 10.1 Å². The van der Waals surface area contributed by atoms with Gasteiger partial charge in [-0.05, 0) is 12.1 Å². The maximum Gasteiger partial charge on any atom is 0.292 e. The van der Waals surface area contributed by atoms with E-state index in [2.05, 4.69) is 0 Å². The maximum atomic E-state index is 11.7. The zero-order valence-electron chi connectivity index (χ0n) is 8.75. The number of nitrogens with zero attached hydrogens (tertiary/aromatic N) is 2. The van der Waals surface area contributed by atoms with Crippen LogP contribution >= 0.6 is 0 Å². The van der Waals surface area contributed by atoms with Crippen LogP contribution < -0.4 is 5.73 Å². The number of hydrogen-bond donors (Lipinski definition) is 1. The molecule has 16 heavy (non-hydrogen) atoms. The van der Waals surface area contributed by atoms with Gasteiger partial charge in [0, 0.05) is 20.2 Å². The highest BCUT2D eigenvalue weighted by molar-refractivity contribution is 7.89. The first-order chi connectivity index (χ1) is 7.26. The van der Waals surface area contributed by atoms with Crippen molar-refractivity contribution >= 4 is 21.4 Å². The fourth-order valence-corrected chi connectivity index (χ4v) is 2.01. The molecule has 0 aromatic heterocycles. The Labute approximate surface area is 92.7 Å². The highest BCUT2D eigenvalue weighted by Gasteiger charge is 2.20. The van der Waals surface area contributed by atoms with E-state index in [1.54, 1.807) is 0 Å². The third kappa shape index (κ3) is 2.12. The lowest BCUT2D eigenvalue weighted by Crippen LogP contribution is -2.22. The van der Waals surface area contributed by atoms with Crippen LogP contribution in [0, 0.1) is 10.1 Å². The average Bonchev–Trinajstić information content (AvgIpc) is 2.16. The second kappa shape index (κ2) is 4.06. The number of nitro groups is 1. The normalized spacial score (nSPS) is 11.7. The van der Waals surface area contributed by atoms with Crippen LogP contribution in [0.15, 0.2) is 23.1 Å². The Balaban J connectivity index is 3.32. The lowest BCUT2D eigenvalue weighted by atomic mass is 10.3. The second-order valence-electron chi connectivity index (χ2n) is 3.27. The molecule has 0 bridgehead atoms. The SMILES string of the molecule is CN(C)S(=O)(=O)c1ccc([N+](=O)[O-])c(N)c1. The van der Waals surface area contributed by atoms with E-state index < -0.39 is 14.9 Å². The van der Waals surface area contributed by atoms with Gasteiger partial charge in [-0.25, -0.2) is 12.7 Å². The molecule has 0 unspecified atom stereocenters. The van der Waals surface area contributed by atoms with Crippen LogP contribution in [0.1, 0.15) is 0 Å². The van der Waals surface area contributed by atoms with Crippen LogP contribution in [0.5, 0.6) is 0 Å². The number of benzene rings is 1. The summed E-state index contributed by atoms with van der Waals surface area (Å²) in [5, 5.41) is 10.5. The molecule has 0 heterocycles. The lowest BCUT2D eigenvalue weighted by molar-refractivity contribution is -0.383. The van der Waals surface area contributed by atoms with Gasteiger partial charge >= 0.3 is 0 Å². The van der Waals surface area contributed by atoms with Crippen molar-refractivity contribution in [1.82, 2.24) is 4.31 Å². The zero-order valence-corrected chi connectivity index (χ0v) is 9.56. The quantitative estimate of drug-likeness (QED) is 0.472. The largest absolute Gasteiger partial charge is 0.393 e. The summed E-state index contributed by atoms with van der Waals surface area (Å²) in [6.45, 7) is 0. The van der Waals surface area contributed by atoms with Crippen molar-refractivity contribution < 1.29 is 13.3 Å². The fourth-order valence-electron chi connectivity index (χ4n) is 1.07. The lowest BCUT2D eigenvalue weighted by Gasteiger charge is -2.11. The van der Waals surface area contributed by atoms with Gasteiger partial charge in [-0.15, -0.1) is 0 Å². The summed E-state index contributed by atoms with van der Waals surface area (Å²) < 4.78 is 24.3. The first kappa shape index (κ1) is 12.4. The van der Waals surface area contributed by atoms with Gasteiger partial charge < -0.3 is 5.73 Å². The smallest absolute Gasteiger partial charge is 0.292 e. The highest BCUT2D eigenvalue weighted by atomic mass is 32.2. The first-order valence-corrected chi connectivity index (χ1v) is 5.67. The molecule has 0 spiro atoms. The van der Waals surface area contributed by atoms with Gasteiger partial charge in [0.2, 0.25) is 10.0 Å². The van der Waals surface area contributed by atoms with Crippen molar-refractivity contribution in [1.29, 1.82) is 0 Å². The zero-order chi connectivity index (χ0) is 12.5. The van der Waals surface area contributed by atoms with Gasteiger partial charge in [0.15, 0.2) is 0 Å². The Hall–Kier alpha value is -1.67. The minimum atomic E-state index is -3.61. The van der Waals surface area contributed by atoms with E-state index in [0.717, 1.165) is 22.5 Å². The number of nitrogens with two attached hydrogens (primary N) is 1. The molecule has 0 saturated carbocycles. The van der Waals surface area contributed by atoms with E-state index in [0.29, 0.717) is 0 Å². The maximum absolute atomic E-state index is 11.7. The van der Waals surface area contributed by atoms with E-state index in [4.69, 9.17) is 5.73 Å². The van der Waals surface area contributed by atoms with Crippen molar-refractivity contribution in [3.8, 4) is 0 Å². The van der Waals surface area contributed by atoms with Crippen molar-refractivity contribution in [3.05, 3.63) is 28.3 Å². The van der Waals surface area contributed by atoms with Crippen LogP contribution in [0.4, 0.5) is 11.4 Å². The Morgan fingerprint density at radius 1 is 1.38 bits per heavy atom. The number of sulfonamides is 1. The summed E-state index contributed by atoms with van der Waals surface area (Å²) in [4.78, 5) is 9.75. The van der Waals surface area contributed by atoms with Gasteiger partial charge in [0.1, 0.15) is 5.69 Å². The molecular weight excluding hydrogens is 234 g/mol. The van der Waals surface area contributed by atoms with Crippen LogP contribution in [0.2, 0.25) is 0 Å². The molecule has 0 fully saturated rings. The Morgan fingerprint density at radius 3 is 2.31 bits per heavy atom. The minimum absolute atomic E-state index is 0.0689. The van der Waals surface area contributed by atoms with E-state index >= 15 is 0 Å². The Bertz CT molecular complexity index is 524. The van der Waals surface area contributed by atoms with E-state index in [-0.39, 0.29) is 16.3 Å². The third-order valence-corrected chi connectivity index (χ3v) is 3.79. The van der Waals surface area contributed by atoms with Crippen LogP contribution in [0.25, 0.3) is 0 Å². The molecule has 1 rings (SSSR count). The summed E-state index contributed by atoms with van der Waals surface area (Å²) in [5.41, 5.74) is 4.91. The van der Waals surface area contributed by atoms with E-state index in [1.807, 2.05) is 0 Å². The fraction of sp³-hybridized carbons (Fsp3) is 0.250. The molecule has 88 valence electrons. The van der Waals surface area contributed by atoms with Gasteiger partial charge in [-0.2, -0.15) is 0 Å². The summed E-state index contributed by atoms with van der Waals surface area (Å²) >= 11 is 0. The van der Waals surface area contributed by atoms with Crippen molar-refractivity contribution in [2.45, 2.75) is 4.90 Å². The summed E-state index contributed by atoms with van der Waals surface area (Å²) in [6, 6.07) is 3.31. The Morgan fingerprint density at radius 2 is 1.94 bits per heavy atom. The molecule has 2 N–H and O–H groups in total. The number of nitrogen functional groups attached to an aromatic ring is 1. The van der Waals surface area contributed by atoms with Gasteiger partial charge in [-0.1, -0.05) is 0 Å². The third-order valence-electron chi connectivity index (χ3n) is 1.97. The van der Waals surface area contributed by atoms with E-state index in [1.165, 1.54) is 14.1 Å². The monoisotopic (exact) mass is 245 g/mol. The predicted octanol–water partition coefficient (Wildman–Crippen LogP) is 0.427. The molecule has 8 heteroatoms. The van der Waals surface area contributed by atoms with Gasteiger partial charge in [0.05, 0.1) is 9.82 Å². The molecule has 7 nitrogen and oxygen atoms in total. The molecule has 0 saturated heterocycles. The van der Waals surface area contributed by atoms with Crippen LogP contribution in [-0.4, -0.2) is 31.7 Å². The number of hydrogen-bond acceptors (Lipinski definition) is 5. The van der Waals surface area contributed by atoms with Crippen molar-refractivity contribution in [2.24, 2.45) is 0 Å². The van der Waals surface area contributed by atoms with Crippen LogP contribution in [0.3, 0.4) is 0 Å². The average molecular weight is 245 g/mol. The molecule has 0 aliphatic carbocycles. The van der Waals surface area contributed by atoms with Crippen LogP contribution in [-0.2, 0) is 10.0 Å². The summed E-state index contributed by atoms with van der Waals surface area (Å²) in [6.07, 6.45) is 0. The molecule has 0 amide bonds. The molecular formula is C8H11N3O4S. The van der Waals surface area contributed by atoms with Crippen molar-refractivity contribution in [2.75, 3.05) is 19.8 Å². The Kier molecular flexibility index (Phi) is 3.15. The van der Waals surface area contributed by atoms with Crippen molar-refractivity contribution in [3.63, 3.8) is 0 Å². The molecule has 0 atom stereocenters. The molecule has 0 radical (unpaired) electrons. The minimum Gasteiger partial charge on any atom is -0.393 e. The number of anilines is 1. The standard InChI is InChI=1S/C8H11N3O4S/c1-10(2)16(14,15)6-3-4-8(11(12)13)7(9)5-6/h3-5H,9H2,1-2H3. The summed E-state index contributed by atoms with van der Waals surface area (Å²) in [7, 11) is -0.875. The second-order valence-corrected chi connectivity index (χ2v) is 5.42. The van der Waals surface area contributed by atoms with Gasteiger partial charge in [0.25, 0.3) is 5.69 Å². The molecule has 0 aliphatic heterocycles. The topological polar surface area (TPSA) is 107 Å². The highest BCUT2D eigenvalue weighted by Crippen LogP contribution is 2.25. The molecule has 1 aromatic carbocycles. The molecule has 1 aromatic rings. The first-order valence-electron chi connectivity index (χ1n) is 4.23. The summed E-state index contributed by atoms with van der Waals surface area (Å²) in [5.74, 6) is 0. The number of nitro benzene ring substituents is 1.